The van der Waals surface area contributed by atoms with Crippen LogP contribution in [0.5, 0.6) is 5.75 Å². The van der Waals surface area contributed by atoms with Crippen LogP contribution in [0, 0.1) is 11.3 Å². The first-order valence-electron chi connectivity index (χ1n) is 8.41. The summed E-state index contributed by atoms with van der Waals surface area (Å²) in [6.07, 6.45) is 1.53. The van der Waals surface area contributed by atoms with Gasteiger partial charge >= 0.3 is 0 Å². The van der Waals surface area contributed by atoms with Crippen molar-refractivity contribution in [3.63, 3.8) is 0 Å². The van der Waals surface area contributed by atoms with Crippen LogP contribution in [0.15, 0.2) is 67.0 Å². The molecule has 2 heterocycles. The van der Waals surface area contributed by atoms with Gasteiger partial charge in [-0.25, -0.2) is 0 Å². The summed E-state index contributed by atoms with van der Waals surface area (Å²) in [5.74, 6) is 0.234. The summed E-state index contributed by atoms with van der Waals surface area (Å²) >= 11 is 0. The zero-order valence-corrected chi connectivity index (χ0v) is 14.6. The average Bonchev–Trinajstić information content (AvgIpc) is 3.21. The van der Waals surface area contributed by atoms with Gasteiger partial charge in [0.2, 0.25) is 0 Å². The average molecular weight is 370 g/mol. The lowest BCUT2D eigenvalue weighted by molar-refractivity contribution is -0.118. The summed E-state index contributed by atoms with van der Waals surface area (Å²) in [5, 5.41) is 23.8. The van der Waals surface area contributed by atoms with Gasteiger partial charge in [-0.05, 0) is 48.5 Å². The van der Waals surface area contributed by atoms with Crippen LogP contribution in [0.2, 0.25) is 0 Å². The van der Waals surface area contributed by atoms with Crippen molar-refractivity contribution in [1.29, 1.82) is 5.26 Å². The van der Waals surface area contributed by atoms with Gasteiger partial charge in [0.15, 0.2) is 12.3 Å². The van der Waals surface area contributed by atoms with Gasteiger partial charge in [-0.1, -0.05) is 12.1 Å². The van der Waals surface area contributed by atoms with E-state index in [9.17, 15) is 4.79 Å². The molecule has 136 valence electrons. The number of benzene rings is 2. The zero-order chi connectivity index (χ0) is 19.3. The Morgan fingerprint density at radius 2 is 2.00 bits per heavy atom. The van der Waals surface area contributed by atoms with Gasteiger partial charge in [0.25, 0.3) is 5.91 Å². The van der Waals surface area contributed by atoms with Crippen LogP contribution in [0.3, 0.4) is 0 Å². The number of hydrogen-bond acceptors (Lipinski definition) is 6. The standard InChI is InChI=1S/C20H14N6O2/c21-11-14-4-6-17(7-5-14)28-12-20(27)23-16-3-1-2-15(10-16)18-8-9-19-24-22-13-26(19)25-18/h1-10,13H,12H2,(H,23,27). The van der Waals surface area contributed by atoms with Gasteiger partial charge in [0, 0.05) is 11.3 Å². The summed E-state index contributed by atoms with van der Waals surface area (Å²) < 4.78 is 7.03. The number of carbonyl (C=O) groups excluding carboxylic acids is 1. The molecule has 0 fully saturated rings. The molecule has 0 unspecified atom stereocenters. The number of anilines is 1. The maximum absolute atomic E-state index is 12.2. The van der Waals surface area contributed by atoms with E-state index < -0.39 is 0 Å². The van der Waals surface area contributed by atoms with E-state index in [1.807, 2.05) is 36.4 Å². The molecule has 0 aliphatic carbocycles. The number of fused-ring (bicyclic) bond motifs is 1. The summed E-state index contributed by atoms with van der Waals surface area (Å²) in [6, 6.07) is 19.6. The predicted molar refractivity (Wildman–Crippen MR) is 101 cm³/mol. The summed E-state index contributed by atoms with van der Waals surface area (Å²) in [7, 11) is 0. The lowest BCUT2D eigenvalue weighted by Crippen LogP contribution is -2.20. The molecule has 1 N–H and O–H groups in total. The molecular weight excluding hydrogens is 356 g/mol. The molecule has 2 aromatic heterocycles. The van der Waals surface area contributed by atoms with Gasteiger partial charge in [0.1, 0.15) is 12.1 Å². The second kappa shape index (κ2) is 7.55. The Bertz CT molecular complexity index is 1180. The zero-order valence-electron chi connectivity index (χ0n) is 14.6. The topological polar surface area (TPSA) is 105 Å². The second-order valence-corrected chi connectivity index (χ2v) is 5.91. The molecule has 8 nitrogen and oxygen atoms in total. The predicted octanol–water partition coefficient (Wildman–Crippen LogP) is 2.68. The van der Waals surface area contributed by atoms with Crippen LogP contribution in [0.25, 0.3) is 16.9 Å². The molecule has 0 spiro atoms. The number of carbonyl (C=O) groups is 1. The fourth-order valence-electron chi connectivity index (χ4n) is 2.61. The lowest BCUT2D eigenvalue weighted by atomic mass is 10.1. The molecule has 0 aliphatic rings. The third-order valence-electron chi connectivity index (χ3n) is 3.96. The molecule has 1 amide bonds. The maximum Gasteiger partial charge on any atom is 0.262 e. The van der Waals surface area contributed by atoms with Crippen LogP contribution in [-0.2, 0) is 4.79 Å². The normalized spacial score (nSPS) is 10.4. The van der Waals surface area contributed by atoms with Crippen molar-refractivity contribution in [2.45, 2.75) is 0 Å². The van der Waals surface area contributed by atoms with E-state index in [1.54, 1.807) is 34.8 Å². The Hall–Kier alpha value is -4.25. The number of aromatic nitrogens is 4. The Labute approximate surface area is 160 Å². The van der Waals surface area contributed by atoms with Crippen molar-refractivity contribution in [3.8, 4) is 23.1 Å². The van der Waals surface area contributed by atoms with Crippen molar-refractivity contribution < 1.29 is 9.53 Å². The minimum Gasteiger partial charge on any atom is -0.484 e. The third kappa shape index (κ3) is 3.78. The largest absolute Gasteiger partial charge is 0.484 e. The summed E-state index contributed by atoms with van der Waals surface area (Å²) in [5.41, 5.74) is 3.41. The van der Waals surface area contributed by atoms with Crippen LogP contribution in [0.1, 0.15) is 5.56 Å². The number of hydrogen-bond donors (Lipinski definition) is 1. The van der Waals surface area contributed by atoms with Gasteiger partial charge in [-0.15, -0.1) is 10.2 Å². The fraction of sp³-hybridized carbons (Fsp3) is 0.0500. The van der Waals surface area contributed by atoms with E-state index >= 15 is 0 Å². The van der Waals surface area contributed by atoms with Crippen molar-refractivity contribution in [3.05, 3.63) is 72.6 Å². The molecule has 2 aromatic carbocycles. The van der Waals surface area contributed by atoms with E-state index in [4.69, 9.17) is 10.00 Å². The lowest BCUT2D eigenvalue weighted by Gasteiger charge is -2.09. The van der Waals surface area contributed by atoms with E-state index in [1.165, 1.54) is 6.33 Å². The molecule has 0 aliphatic heterocycles. The Balaban J connectivity index is 1.42. The molecule has 0 saturated heterocycles. The van der Waals surface area contributed by atoms with E-state index in [0.29, 0.717) is 22.6 Å². The van der Waals surface area contributed by atoms with Crippen molar-refractivity contribution >= 4 is 17.2 Å². The Morgan fingerprint density at radius 3 is 2.82 bits per heavy atom. The first kappa shape index (κ1) is 17.2. The number of amides is 1. The van der Waals surface area contributed by atoms with Gasteiger partial charge in [-0.2, -0.15) is 14.9 Å². The maximum atomic E-state index is 12.2. The number of ether oxygens (including phenoxy) is 1. The monoisotopic (exact) mass is 370 g/mol. The molecule has 28 heavy (non-hydrogen) atoms. The molecule has 4 rings (SSSR count). The highest BCUT2D eigenvalue weighted by molar-refractivity contribution is 5.92. The highest BCUT2D eigenvalue weighted by Gasteiger charge is 2.07. The molecule has 4 aromatic rings. The molecule has 8 heteroatoms. The van der Waals surface area contributed by atoms with Crippen molar-refractivity contribution in [2.24, 2.45) is 0 Å². The minimum absolute atomic E-state index is 0.138. The van der Waals surface area contributed by atoms with Crippen LogP contribution >= 0.6 is 0 Å². The fourth-order valence-corrected chi connectivity index (χ4v) is 2.61. The summed E-state index contributed by atoms with van der Waals surface area (Å²) in [4.78, 5) is 12.2. The van der Waals surface area contributed by atoms with Crippen molar-refractivity contribution in [2.75, 3.05) is 11.9 Å². The van der Waals surface area contributed by atoms with Crippen LogP contribution < -0.4 is 10.1 Å². The van der Waals surface area contributed by atoms with Gasteiger partial charge in [0.05, 0.1) is 17.3 Å². The minimum atomic E-state index is -0.288. The molecule has 0 saturated carbocycles. The number of nitrogens with one attached hydrogen (secondary N) is 1. The quantitative estimate of drug-likeness (QED) is 0.579. The smallest absolute Gasteiger partial charge is 0.262 e. The first-order chi connectivity index (χ1) is 13.7. The van der Waals surface area contributed by atoms with Gasteiger partial charge < -0.3 is 10.1 Å². The summed E-state index contributed by atoms with van der Waals surface area (Å²) in [6.45, 7) is -0.138. The van der Waals surface area contributed by atoms with Crippen LogP contribution in [-0.4, -0.2) is 32.3 Å². The third-order valence-corrected chi connectivity index (χ3v) is 3.96. The number of nitriles is 1. The molecule has 0 bridgehead atoms. The number of nitrogens with zero attached hydrogens (tertiary/aromatic N) is 5. The molecular formula is C20H14N6O2. The SMILES string of the molecule is N#Cc1ccc(OCC(=O)Nc2cccc(-c3ccc4nncn4n3)c2)cc1. The first-order valence-corrected chi connectivity index (χ1v) is 8.41. The second-order valence-electron chi connectivity index (χ2n) is 5.91. The molecule has 0 radical (unpaired) electrons. The molecule has 0 atom stereocenters. The highest BCUT2D eigenvalue weighted by Crippen LogP contribution is 2.21. The Morgan fingerprint density at radius 1 is 1.14 bits per heavy atom. The highest BCUT2D eigenvalue weighted by atomic mass is 16.5. The number of rotatable bonds is 5. The van der Waals surface area contributed by atoms with E-state index in [0.717, 1.165) is 11.3 Å². The van der Waals surface area contributed by atoms with Crippen LogP contribution in [0.4, 0.5) is 5.69 Å². The van der Waals surface area contributed by atoms with E-state index in [2.05, 4.69) is 20.6 Å². The van der Waals surface area contributed by atoms with E-state index in [-0.39, 0.29) is 12.5 Å². The van der Waals surface area contributed by atoms with Gasteiger partial charge in [-0.3, -0.25) is 4.79 Å². The van der Waals surface area contributed by atoms with Crippen molar-refractivity contribution in [1.82, 2.24) is 19.8 Å². The Kier molecular flexibility index (Phi) is 4.63.